The molecule has 0 aromatic carbocycles. The monoisotopic (exact) mass is 437 g/mol. The van der Waals surface area contributed by atoms with Crippen LogP contribution in [0.4, 0.5) is 0 Å². The van der Waals surface area contributed by atoms with Gasteiger partial charge < -0.3 is 29.4 Å². The number of likely N-dealkylation sites (tertiary alicyclic amines) is 1. The quantitative estimate of drug-likeness (QED) is 0.416. The van der Waals surface area contributed by atoms with Gasteiger partial charge in [0.05, 0.1) is 25.9 Å². The van der Waals surface area contributed by atoms with Gasteiger partial charge in [-0.3, -0.25) is 14.4 Å². The normalized spacial score (nSPS) is 22.1. The summed E-state index contributed by atoms with van der Waals surface area (Å²) in [6, 6.07) is 5.57. The van der Waals surface area contributed by atoms with Gasteiger partial charge in [-0.15, -0.1) is 0 Å². The Morgan fingerprint density at radius 2 is 2.06 bits per heavy atom. The summed E-state index contributed by atoms with van der Waals surface area (Å²) in [6.45, 7) is 6.93. The van der Waals surface area contributed by atoms with Crippen LogP contribution >= 0.6 is 0 Å². The molecular weight excluding hydrogens is 402 g/mol. The molecule has 9 nitrogen and oxygen atoms in total. The van der Waals surface area contributed by atoms with Gasteiger partial charge in [-0.05, 0) is 24.8 Å². The number of carbonyl (C=O) groups excluding carboxylic acids is 1. The van der Waals surface area contributed by atoms with E-state index in [0.29, 0.717) is 44.6 Å². The molecule has 1 fully saturated rings. The molecule has 3 rings (SSSR count). The van der Waals surface area contributed by atoms with Crippen molar-refractivity contribution >= 4 is 12.4 Å². The van der Waals surface area contributed by atoms with E-state index in [1.165, 1.54) is 0 Å². The lowest BCUT2D eigenvalue weighted by Crippen LogP contribution is -2.52. The number of hydrogen-bond donors (Lipinski definition) is 2. The van der Waals surface area contributed by atoms with Crippen molar-refractivity contribution in [2.45, 2.75) is 38.1 Å². The van der Waals surface area contributed by atoms with Crippen LogP contribution in [0.1, 0.15) is 43.8 Å². The summed E-state index contributed by atoms with van der Waals surface area (Å²) in [5.41, 5.74) is 1.14. The van der Waals surface area contributed by atoms with Gasteiger partial charge in [0.25, 0.3) is 12.0 Å². The molecule has 1 amide bonds. The molecular formula is C22H35N3O6. The first-order valence-electron chi connectivity index (χ1n) is 10.9. The van der Waals surface area contributed by atoms with Gasteiger partial charge >= 0.3 is 0 Å². The number of nitrogens with zero attached hydrogens (tertiary/aromatic N) is 2. The molecule has 9 heteroatoms. The number of methoxy groups -OCH3 is 1. The van der Waals surface area contributed by atoms with Crippen molar-refractivity contribution in [3.8, 4) is 0 Å². The Morgan fingerprint density at radius 3 is 2.77 bits per heavy atom. The Labute approximate surface area is 183 Å². The Morgan fingerprint density at radius 1 is 1.29 bits per heavy atom. The van der Waals surface area contributed by atoms with E-state index in [2.05, 4.69) is 16.3 Å². The molecule has 0 saturated carbocycles. The number of piperidine rings is 1. The van der Waals surface area contributed by atoms with Crippen LogP contribution in [0.3, 0.4) is 0 Å². The fourth-order valence-corrected chi connectivity index (χ4v) is 4.55. The van der Waals surface area contributed by atoms with E-state index in [4.69, 9.17) is 19.4 Å². The minimum atomic E-state index is -0.250. The molecule has 2 N–H and O–H groups in total. The van der Waals surface area contributed by atoms with E-state index < -0.39 is 0 Å². The lowest BCUT2D eigenvalue weighted by atomic mass is 9.78. The van der Waals surface area contributed by atoms with Crippen molar-refractivity contribution in [1.29, 1.82) is 0 Å². The van der Waals surface area contributed by atoms with Gasteiger partial charge in [0.15, 0.2) is 0 Å². The third-order valence-corrected chi connectivity index (χ3v) is 5.84. The number of carboxylic acid groups (broad SMARTS) is 1. The lowest BCUT2D eigenvalue weighted by molar-refractivity contribution is -0.123. The Balaban J connectivity index is 0.00000107. The van der Waals surface area contributed by atoms with Crippen LogP contribution < -0.4 is 10.9 Å². The molecule has 0 aliphatic carbocycles. The van der Waals surface area contributed by atoms with Crippen molar-refractivity contribution < 1.29 is 24.2 Å². The zero-order valence-corrected chi connectivity index (χ0v) is 18.5. The predicted octanol–water partition coefficient (Wildman–Crippen LogP) is 1.09. The maximum absolute atomic E-state index is 12.6. The summed E-state index contributed by atoms with van der Waals surface area (Å²) in [7, 11) is 1.67. The fraction of sp³-hybridized carbons (Fsp3) is 0.682. The summed E-state index contributed by atoms with van der Waals surface area (Å²) in [4.78, 5) is 35.4. The second-order valence-electron chi connectivity index (χ2n) is 7.94. The molecule has 2 aliphatic rings. The van der Waals surface area contributed by atoms with Crippen LogP contribution in [0, 0.1) is 5.92 Å². The third kappa shape index (κ3) is 7.15. The Bertz CT molecular complexity index is 753. The highest BCUT2D eigenvalue weighted by Gasteiger charge is 2.40. The molecule has 1 aromatic rings. The van der Waals surface area contributed by atoms with Crippen molar-refractivity contribution in [3.63, 3.8) is 0 Å². The van der Waals surface area contributed by atoms with Crippen molar-refractivity contribution in [2.75, 3.05) is 53.1 Å². The first-order chi connectivity index (χ1) is 15.0. The average molecular weight is 438 g/mol. The maximum atomic E-state index is 12.6. The van der Waals surface area contributed by atoms with Crippen LogP contribution in [0.2, 0.25) is 0 Å². The minimum absolute atomic E-state index is 0.0120. The van der Waals surface area contributed by atoms with E-state index in [9.17, 15) is 9.59 Å². The molecule has 3 heterocycles. The number of ether oxygens (including phenoxy) is 2. The summed E-state index contributed by atoms with van der Waals surface area (Å²) < 4.78 is 12.6. The number of pyridine rings is 1. The maximum Gasteiger partial charge on any atom is 0.290 e. The standard InChI is InChI=1S/C21H33N3O4.CH2O2/c1-3-5-20(25)22-13-19-17-12-16(18-6-4-7-21(26)24(18)19)14-23(15-17)8-9-28-11-10-27-2;2-1-3/h4,6-7,16-17,19H,3,5,8-15H2,1-2H3,(H,22,25);1H,(H,2,3)/t16-,17+,19+;/m1./s1. The summed E-state index contributed by atoms with van der Waals surface area (Å²) in [6.07, 6.45) is 2.43. The lowest BCUT2D eigenvalue weighted by Gasteiger charge is -2.47. The molecule has 174 valence electrons. The van der Waals surface area contributed by atoms with E-state index >= 15 is 0 Å². The van der Waals surface area contributed by atoms with Gasteiger partial charge in [0, 0.05) is 57.4 Å². The van der Waals surface area contributed by atoms with Crippen molar-refractivity contribution in [1.82, 2.24) is 14.8 Å². The number of nitrogens with one attached hydrogen (secondary N) is 1. The topological polar surface area (TPSA) is 110 Å². The fourth-order valence-electron chi connectivity index (χ4n) is 4.55. The smallest absolute Gasteiger partial charge is 0.290 e. The third-order valence-electron chi connectivity index (χ3n) is 5.84. The number of fused-ring (bicyclic) bond motifs is 4. The van der Waals surface area contributed by atoms with Crippen LogP contribution in [0.25, 0.3) is 0 Å². The number of hydrogen-bond acceptors (Lipinski definition) is 6. The van der Waals surface area contributed by atoms with Gasteiger partial charge in [0.1, 0.15) is 0 Å². The zero-order chi connectivity index (χ0) is 22.6. The zero-order valence-electron chi connectivity index (χ0n) is 18.5. The highest BCUT2D eigenvalue weighted by molar-refractivity contribution is 5.75. The van der Waals surface area contributed by atoms with Gasteiger partial charge in [-0.1, -0.05) is 13.0 Å². The Kier molecular flexibility index (Phi) is 10.7. The molecule has 2 aliphatic heterocycles. The first-order valence-corrected chi connectivity index (χ1v) is 10.9. The van der Waals surface area contributed by atoms with Crippen LogP contribution in [0.5, 0.6) is 0 Å². The molecule has 31 heavy (non-hydrogen) atoms. The van der Waals surface area contributed by atoms with E-state index in [0.717, 1.165) is 38.2 Å². The second kappa shape index (κ2) is 13.2. The second-order valence-corrected chi connectivity index (χ2v) is 7.94. The molecule has 2 bridgehead atoms. The van der Waals surface area contributed by atoms with Crippen LogP contribution in [-0.2, 0) is 19.1 Å². The predicted molar refractivity (Wildman–Crippen MR) is 116 cm³/mol. The number of carbonyl (C=O) groups is 2. The average Bonchev–Trinajstić information content (AvgIpc) is 2.75. The highest BCUT2D eigenvalue weighted by atomic mass is 16.5. The van der Waals surface area contributed by atoms with E-state index in [1.54, 1.807) is 13.2 Å². The first kappa shape index (κ1) is 25.0. The van der Waals surface area contributed by atoms with Crippen molar-refractivity contribution in [3.05, 3.63) is 34.2 Å². The molecule has 0 radical (unpaired) electrons. The van der Waals surface area contributed by atoms with Gasteiger partial charge in [-0.2, -0.15) is 0 Å². The van der Waals surface area contributed by atoms with Gasteiger partial charge in [-0.25, -0.2) is 0 Å². The summed E-state index contributed by atoms with van der Waals surface area (Å²) >= 11 is 0. The van der Waals surface area contributed by atoms with E-state index in [1.807, 2.05) is 17.6 Å². The molecule has 1 saturated heterocycles. The molecule has 1 aromatic heterocycles. The number of rotatable bonds is 10. The number of amides is 1. The van der Waals surface area contributed by atoms with Crippen LogP contribution in [-0.4, -0.2) is 80.1 Å². The summed E-state index contributed by atoms with van der Waals surface area (Å²) in [5, 5.41) is 9.94. The minimum Gasteiger partial charge on any atom is -0.483 e. The van der Waals surface area contributed by atoms with E-state index in [-0.39, 0.29) is 24.0 Å². The SMILES string of the molecule is CCCC(=O)NC[C@H]1[C@H]2C[C@H](CN(CCOCCOC)C2)c2cccc(=O)n21.O=CO. The van der Waals surface area contributed by atoms with Crippen molar-refractivity contribution in [2.24, 2.45) is 5.92 Å². The Hall–Kier alpha value is -2.23. The summed E-state index contributed by atoms with van der Waals surface area (Å²) in [5.74, 6) is 0.774. The number of aromatic nitrogens is 1. The highest BCUT2D eigenvalue weighted by Crippen LogP contribution is 2.40. The molecule has 0 spiro atoms. The largest absolute Gasteiger partial charge is 0.483 e. The molecule has 0 unspecified atom stereocenters. The van der Waals surface area contributed by atoms with Crippen LogP contribution in [0.15, 0.2) is 23.0 Å². The molecule has 3 atom stereocenters. The van der Waals surface area contributed by atoms with Gasteiger partial charge in [0.2, 0.25) is 5.91 Å².